The molecule has 88 valence electrons. The molecule has 0 aliphatic carbocycles. The fourth-order valence-corrected chi connectivity index (χ4v) is 2.50. The smallest absolute Gasteiger partial charge is 0.321 e. The number of rotatable bonds is 3. The molecule has 0 heterocycles. The maximum absolute atomic E-state index is 13.2. The van der Waals surface area contributed by atoms with Crippen LogP contribution in [0.15, 0.2) is 23.1 Å². The molecule has 0 N–H and O–H groups in total. The van der Waals surface area contributed by atoms with E-state index >= 15 is 0 Å². The summed E-state index contributed by atoms with van der Waals surface area (Å²) in [5, 5.41) is 0.0739. The quantitative estimate of drug-likeness (QED) is 0.777. The molecule has 0 aliphatic heterocycles. The largest absolute Gasteiger partial charge is 0.468 e. The number of benzene rings is 1. The van der Waals surface area contributed by atoms with Gasteiger partial charge in [-0.2, -0.15) is 0 Å². The van der Waals surface area contributed by atoms with Crippen LogP contribution in [0.1, 0.15) is 0 Å². The van der Waals surface area contributed by atoms with Gasteiger partial charge in [-0.15, -0.1) is 0 Å². The molecule has 0 saturated heterocycles. The summed E-state index contributed by atoms with van der Waals surface area (Å²) in [6.07, 6.45) is 0. The summed E-state index contributed by atoms with van der Waals surface area (Å²) in [5.74, 6) is -2.83. The molecular weight excluding hydrogens is 259 g/mol. The predicted molar refractivity (Wildman–Crippen MR) is 55.5 cm³/mol. The fourth-order valence-electron chi connectivity index (χ4n) is 1.01. The van der Waals surface area contributed by atoms with Crippen molar-refractivity contribution in [3.8, 4) is 0 Å². The third-order valence-corrected chi connectivity index (χ3v) is 3.60. The van der Waals surface area contributed by atoms with Gasteiger partial charge in [0, 0.05) is 5.02 Å². The summed E-state index contributed by atoms with van der Waals surface area (Å²) in [5.41, 5.74) is 0. The number of halogens is 2. The van der Waals surface area contributed by atoms with Gasteiger partial charge in [0.25, 0.3) is 0 Å². The standard InChI is InChI=1S/C9H8ClFO4S/c1-15-9(12)5-16(13,14)8-4-6(10)2-3-7(8)11/h2-4H,5H2,1H3. The van der Waals surface area contributed by atoms with Crippen molar-refractivity contribution >= 4 is 27.4 Å². The van der Waals surface area contributed by atoms with Crippen LogP contribution in [0.4, 0.5) is 4.39 Å². The maximum atomic E-state index is 13.2. The van der Waals surface area contributed by atoms with Crippen molar-refractivity contribution in [2.24, 2.45) is 0 Å². The molecule has 0 spiro atoms. The Morgan fingerprint density at radius 2 is 2.12 bits per heavy atom. The van der Waals surface area contributed by atoms with E-state index in [0.717, 1.165) is 19.2 Å². The Bertz CT molecular complexity index is 512. The van der Waals surface area contributed by atoms with Gasteiger partial charge in [-0.1, -0.05) is 11.6 Å². The summed E-state index contributed by atoms with van der Waals surface area (Å²) in [7, 11) is -3.01. The number of sulfone groups is 1. The molecule has 0 unspecified atom stereocenters. The number of ether oxygens (including phenoxy) is 1. The van der Waals surface area contributed by atoms with E-state index in [1.54, 1.807) is 0 Å². The lowest BCUT2D eigenvalue weighted by Crippen LogP contribution is -2.18. The zero-order chi connectivity index (χ0) is 12.3. The van der Waals surface area contributed by atoms with Crippen molar-refractivity contribution in [3.05, 3.63) is 29.0 Å². The summed E-state index contributed by atoms with van der Waals surface area (Å²) in [4.78, 5) is 10.2. The van der Waals surface area contributed by atoms with Gasteiger partial charge in [-0.25, -0.2) is 12.8 Å². The summed E-state index contributed by atoms with van der Waals surface area (Å²) < 4.78 is 40.6. The van der Waals surface area contributed by atoms with Gasteiger partial charge in [-0.3, -0.25) is 4.79 Å². The highest BCUT2D eigenvalue weighted by Crippen LogP contribution is 2.20. The molecule has 0 aliphatic rings. The first-order chi connectivity index (χ1) is 7.36. The minimum Gasteiger partial charge on any atom is -0.468 e. The lowest BCUT2D eigenvalue weighted by atomic mass is 10.3. The monoisotopic (exact) mass is 266 g/mol. The molecule has 0 bridgehead atoms. The van der Waals surface area contributed by atoms with Crippen molar-refractivity contribution in [2.75, 3.05) is 12.9 Å². The average molecular weight is 267 g/mol. The van der Waals surface area contributed by atoms with Crippen LogP contribution in [0.2, 0.25) is 5.02 Å². The lowest BCUT2D eigenvalue weighted by molar-refractivity contribution is -0.137. The Balaban J connectivity index is 3.17. The molecule has 0 amide bonds. The number of esters is 1. The molecular formula is C9H8ClFO4S. The summed E-state index contributed by atoms with van der Waals surface area (Å²) >= 11 is 5.55. The Labute approximate surface area is 96.9 Å². The second kappa shape index (κ2) is 4.80. The van der Waals surface area contributed by atoms with Crippen LogP contribution in [0.5, 0.6) is 0 Å². The number of methoxy groups -OCH3 is 1. The normalized spacial score (nSPS) is 11.2. The first kappa shape index (κ1) is 12.9. The molecule has 0 fully saturated rings. The molecule has 0 radical (unpaired) electrons. The van der Waals surface area contributed by atoms with Gasteiger partial charge in [0.15, 0.2) is 15.6 Å². The molecule has 1 rings (SSSR count). The highest BCUT2D eigenvalue weighted by Gasteiger charge is 2.23. The SMILES string of the molecule is COC(=O)CS(=O)(=O)c1cc(Cl)ccc1F. The van der Waals surface area contributed by atoms with Gasteiger partial charge in [0.05, 0.1) is 7.11 Å². The van der Waals surface area contributed by atoms with E-state index in [0.29, 0.717) is 0 Å². The second-order valence-corrected chi connectivity index (χ2v) is 5.30. The average Bonchev–Trinajstić information content (AvgIpc) is 2.20. The number of hydrogen-bond acceptors (Lipinski definition) is 4. The molecule has 1 aromatic rings. The molecule has 16 heavy (non-hydrogen) atoms. The van der Waals surface area contributed by atoms with E-state index in [4.69, 9.17) is 11.6 Å². The van der Waals surface area contributed by atoms with E-state index in [9.17, 15) is 17.6 Å². The first-order valence-corrected chi connectivity index (χ1v) is 6.14. The first-order valence-electron chi connectivity index (χ1n) is 4.11. The molecule has 7 heteroatoms. The summed E-state index contributed by atoms with van der Waals surface area (Å²) in [6, 6.07) is 3.09. The molecule has 1 aromatic carbocycles. The van der Waals surface area contributed by atoms with Gasteiger partial charge < -0.3 is 4.74 Å². The van der Waals surface area contributed by atoms with Crippen molar-refractivity contribution < 1.29 is 22.3 Å². The van der Waals surface area contributed by atoms with Crippen LogP contribution in [0.3, 0.4) is 0 Å². The van der Waals surface area contributed by atoms with E-state index < -0.39 is 32.3 Å². The van der Waals surface area contributed by atoms with Gasteiger partial charge in [-0.05, 0) is 18.2 Å². The molecule has 0 saturated carbocycles. The van der Waals surface area contributed by atoms with Crippen LogP contribution in [0.25, 0.3) is 0 Å². The number of carbonyl (C=O) groups is 1. The number of hydrogen-bond donors (Lipinski definition) is 0. The minimum atomic E-state index is -4.06. The number of carbonyl (C=O) groups excluding carboxylic acids is 1. The van der Waals surface area contributed by atoms with E-state index in [2.05, 4.69) is 4.74 Å². The van der Waals surface area contributed by atoms with Crippen LogP contribution < -0.4 is 0 Å². The third kappa shape index (κ3) is 2.93. The van der Waals surface area contributed by atoms with Crippen molar-refractivity contribution in [3.63, 3.8) is 0 Å². The second-order valence-electron chi connectivity index (χ2n) is 2.91. The van der Waals surface area contributed by atoms with Crippen LogP contribution in [0, 0.1) is 5.82 Å². The van der Waals surface area contributed by atoms with Crippen LogP contribution in [-0.4, -0.2) is 27.2 Å². The van der Waals surface area contributed by atoms with Crippen LogP contribution in [-0.2, 0) is 19.4 Å². The van der Waals surface area contributed by atoms with E-state index in [1.807, 2.05) is 0 Å². The lowest BCUT2D eigenvalue weighted by Gasteiger charge is -2.04. The zero-order valence-corrected chi connectivity index (χ0v) is 9.81. The van der Waals surface area contributed by atoms with Crippen molar-refractivity contribution in [1.29, 1.82) is 0 Å². The van der Waals surface area contributed by atoms with Gasteiger partial charge >= 0.3 is 5.97 Å². The summed E-state index contributed by atoms with van der Waals surface area (Å²) in [6.45, 7) is 0. The Morgan fingerprint density at radius 1 is 1.50 bits per heavy atom. The predicted octanol–water partition coefficient (Wildman–Crippen LogP) is 1.43. The molecule has 0 atom stereocenters. The van der Waals surface area contributed by atoms with E-state index in [1.165, 1.54) is 6.07 Å². The zero-order valence-electron chi connectivity index (χ0n) is 8.24. The van der Waals surface area contributed by atoms with Gasteiger partial charge in [0.1, 0.15) is 10.7 Å². The van der Waals surface area contributed by atoms with Crippen molar-refractivity contribution in [2.45, 2.75) is 4.90 Å². The topological polar surface area (TPSA) is 60.4 Å². The van der Waals surface area contributed by atoms with Crippen LogP contribution >= 0.6 is 11.6 Å². The highest BCUT2D eigenvalue weighted by atomic mass is 35.5. The minimum absolute atomic E-state index is 0.0739. The highest BCUT2D eigenvalue weighted by molar-refractivity contribution is 7.92. The Hall–Kier alpha value is -1.14. The third-order valence-electron chi connectivity index (χ3n) is 1.76. The van der Waals surface area contributed by atoms with Gasteiger partial charge in [0.2, 0.25) is 0 Å². The maximum Gasteiger partial charge on any atom is 0.321 e. The molecule has 0 aromatic heterocycles. The van der Waals surface area contributed by atoms with Crippen molar-refractivity contribution in [1.82, 2.24) is 0 Å². The fraction of sp³-hybridized carbons (Fsp3) is 0.222. The Kier molecular flexibility index (Phi) is 3.88. The molecule has 4 nitrogen and oxygen atoms in total. The Morgan fingerprint density at radius 3 is 2.69 bits per heavy atom. The van der Waals surface area contributed by atoms with E-state index in [-0.39, 0.29) is 5.02 Å².